The van der Waals surface area contributed by atoms with Crippen LogP contribution in [0.5, 0.6) is 11.5 Å². The van der Waals surface area contributed by atoms with Crippen LogP contribution < -0.4 is 9.47 Å². The minimum Gasteiger partial charge on any atom is -0.494 e. The number of benzene rings is 2. The number of hydrogen-bond acceptors (Lipinski definition) is 6. The van der Waals surface area contributed by atoms with Gasteiger partial charge in [0.1, 0.15) is 11.5 Å². The van der Waals surface area contributed by atoms with Gasteiger partial charge in [-0.05, 0) is 74.2 Å². The summed E-state index contributed by atoms with van der Waals surface area (Å²) in [5.41, 5.74) is 1.05. The van der Waals surface area contributed by atoms with Crippen molar-refractivity contribution < 1.29 is 28.6 Å². The van der Waals surface area contributed by atoms with Crippen molar-refractivity contribution in [1.82, 2.24) is 0 Å². The van der Waals surface area contributed by atoms with Crippen molar-refractivity contribution in [3.05, 3.63) is 72.3 Å². The first-order valence-electron chi connectivity index (χ1n) is 9.95. The molecule has 2 aromatic carbocycles. The summed E-state index contributed by atoms with van der Waals surface area (Å²) < 4.78 is 15.9. The van der Waals surface area contributed by atoms with Crippen molar-refractivity contribution in [2.75, 3.05) is 13.2 Å². The van der Waals surface area contributed by atoms with Crippen LogP contribution in [0.25, 0.3) is 0 Å². The second-order valence-electron chi connectivity index (χ2n) is 7.00. The number of ketones is 1. The molecule has 0 spiro atoms. The maximum atomic E-state index is 12.3. The molecule has 1 fully saturated rings. The highest BCUT2D eigenvalue weighted by atomic mass is 16.5. The van der Waals surface area contributed by atoms with E-state index in [1.54, 1.807) is 48.5 Å². The van der Waals surface area contributed by atoms with E-state index in [2.05, 4.69) is 6.58 Å². The number of rotatable bonds is 11. The molecule has 156 valence electrons. The average molecular weight is 408 g/mol. The molecule has 0 amide bonds. The highest BCUT2D eigenvalue weighted by Crippen LogP contribution is 2.33. The van der Waals surface area contributed by atoms with Crippen LogP contribution in [0, 0.1) is 5.92 Å². The molecule has 30 heavy (non-hydrogen) atoms. The van der Waals surface area contributed by atoms with Crippen LogP contribution in [0.3, 0.4) is 0 Å². The Bertz CT molecular complexity index is 894. The number of hydrogen-bond donors (Lipinski definition) is 0. The number of carbonyl (C=O) groups is 3. The molecule has 1 aliphatic rings. The highest BCUT2D eigenvalue weighted by Gasteiger charge is 2.30. The van der Waals surface area contributed by atoms with Crippen LogP contribution in [0.1, 0.15) is 46.4 Å². The fourth-order valence-electron chi connectivity index (χ4n) is 2.75. The van der Waals surface area contributed by atoms with Gasteiger partial charge in [0.2, 0.25) is 0 Å². The van der Waals surface area contributed by atoms with E-state index in [1.165, 1.54) is 0 Å². The van der Waals surface area contributed by atoms with E-state index >= 15 is 0 Å². The minimum atomic E-state index is -0.480. The predicted molar refractivity (Wildman–Crippen MR) is 111 cm³/mol. The Morgan fingerprint density at radius 1 is 0.867 bits per heavy atom. The number of carbonyl (C=O) groups excluding carboxylic acids is 3. The Morgan fingerprint density at radius 3 is 2.10 bits per heavy atom. The van der Waals surface area contributed by atoms with Gasteiger partial charge in [-0.2, -0.15) is 0 Å². The van der Waals surface area contributed by atoms with Gasteiger partial charge < -0.3 is 14.2 Å². The molecule has 0 heterocycles. The molecule has 0 aromatic heterocycles. The molecule has 1 saturated carbocycles. The zero-order valence-electron chi connectivity index (χ0n) is 16.7. The van der Waals surface area contributed by atoms with Gasteiger partial charge in [-0.25, -0.2) is 9.59 Å². The monoisotopic (exact) mass is 408 g/mol. The lowest BCUT2D eigenvalue weighted by atomic mass is 10.1. The molecule has 0 saturated heterocycles. The number of unbranched alkanes of at least 4 members (excludes halogenated alkanes) is 1. The summed E-state index contributed by atoms with van der Waals surface area (Å²) in [5, 5.41) is 0. The third-order valence-electron chi connectivity index (χ3n) is 4.61. The molecule has 6 heteroatoms. The summed E-state index contributed by atoms with van der Waals surface area (Å²) in [7, 11) is 0. The third-order valence-corrected chi connectivity index (χ3v) is 4.61. The standard InChI is InChI=1S/C24H24O6/c1-2-22(25)29-16-4-3-15-28-20-11-9-19(10-12-20)24(27)30-21-13-7-18(8-14-21)23(26)17-5-6-17/h2,7-14,17H,1,3-6,15-16H2. The number of Topliss-reactive ketones (excluding diaryl/α,β-unsaturated/α-hetero) is 1. The SMILES string of the molecule is C=CC(=O)OCCCCOc1ccc(C(=O)Oc2ccc(C(=O)C3CC3)cc2)cc1. The van der Waals surface area contributed by atoms with Gasteiger partial charge in [0.25, 0.3) is 0 Å². The fraction of sp³-hybridized carbons (Fsp3) is 0.292. The molecule has 0 N–H and O–H groups in total. The summed E-state index contributed by atoms with van der Waals surface area (Å²) in [6, 6.07) is 13.3. The van der Waals surface area contributed by atoms with Crippen molar-refractivity contribution in [2.45, 2.75) is 25.7 Å². The minimum absolute atomic E-state index is 0.154. The lowest BCUT2D eigenvalue weighted by Crippen LogP contribution is -2.09. The van der Waals surface area contributed by atoms with E-state index in [9.17, 15) is 14.4 Å². The lowest BCUT2D eigenvalue weighted by Gasteiger charge is -2.08. The van der Waals surface area contributed by atoms with Crippen LogP contribution in [0.2, 0.25) is 0 Å². The molecule has 1 aliphatic carbocycles. The molecule has 0 bridgehead atoms. The molecule has 0 radical (unpaired) electrons. The second-order valence-corrected chi connectivity index (χ2v) is 7.00. The largest absolute Gasteiger partial charge is 0.494 e. The molecule has 0 aliphatic heterocycles. The van der Waals surface area contributed by atoms with Gasteiger partial charge in [0.05, 0.1) is 18.8 Å². The van der Waals surface area contributed by atoms with Crippen molar-refractivity contribution in [1.29, 1.82) is 0 Å². The van der Waals surface area contributed by atoms with Crippen LogP contribution >= 0.6 is 0 Å². The van der Waals surface area contributed by atoms with Gasteiger partial charge in [-0.1, -0.05) is 6.58 Å². The second kappa shape index (κ2) is 10.4. The van der Waals surface area contributed by atoms with E-state index in [-0.39, 0.29) is 11.7 Å². The van der Waals surface area contributed by atoms with E-state index in [0.29, 0.717) is 42.3 Å². The number of ether oxygens (including phenoxy) is 3. The zero-order chi connectivity index (χ0) is 21.3. The van der Waals surface area contributed by atoms with E-state index < -0.39 is 11.9 Å². The van der Waals surface area contributed by atoms with Crippen LogP contribution in [0.15, 0.2) is 61.2 Å². The van der Waals surface area contributed by atoms with Crippen LogP contribution in [-0.2, 0) is 9.53 Å². The molecule has 2 aromatic rings. The van der Waals surface area contributed by atoms with Crippen molar-refractivity contribution in [3.63, 3.8) is 0 Å². The maximum absolute atomic E-state index is 12.3. The van der Waals surface area contributed by atoms with Gasteiger partial charge >= 0.3 is 11.9 Å². The molecular formula is C24H24O6. The molecule has 6 nitrogen and oxygen atoms in total. The van der Waals surface area contributed by atoms with Crippen molar-refractivity contribution in [2.24, 2.45) is 5.92 Å². The third kappa shape index (κ3) is 6.30. The highest BCUT2D eigenvalue weighted by molar-refractivity contribution is 5.99. The van der Waals surface area contributed by atoms with Crippen molar-refractivity contribution in [3.8, 4) is 11.5 Å². The normalized spacial score (nSPS) is 12.7. The van der Waals surface area contributed by atoms with E-state index in [0.717, 1.165) is 25.3 Å². The summed E-state index contributed by atoms with van der Waals surface area (Å²) >= 11 is 0. The Morgan fingerprint density at radius 2 is 1.47 bits per heavy atom. The quantitative estimate of drug-likeness (QED) is 0.180. The Kier molecular flexibility index (Phi) is 7.38. The first kappa shape index (κ1) is 21.3. The average Bonchev–Trinajstić information content (AvgIpc) is 3.62. The first-order valence-corrected chi connectivity index (χ1v) is 9.95. The Balaban J connectivity index is 1.41. The molecular weight excluding hydrogens is 384 g/mol. The van der Waals surface area contributed by atoms with Crippen LogP contribution in [-0.4, -0.2) is 30.9 Å². The topological polar surface area (TPSA) is 78.9 Å². The van der Waals surface area contributed by atoms with E-state index in [1.807, 2.05) is 0 Å². The Hall–Kier alpha value is -3.41. The smallest absolute Gasteiger partial charge is 0.343 e. The van der Waals surface area contributed by atoms with Gasteiger partial charge in [-0.3, -0.25) is 4.79 Å². The Labute approximate surface area is 175 Å². The summed E-state index contributed by atoms with van der Waals surface area (Å²) in [6.45, 7) is 4.13. The van der Waals surface area contributed by atoms with Crippen LogP contribution in [0.4, 0.5) is 0 Å². The van der Waals surface area contributed by atoms with E-state index in [4.69, 9.17) is 14.2 Å². The number of esters is 2. The van der Waals surface area contributed by atoms with Crippen molar-refractivity contribution >= 4 is 17.7 Å². The van der Waals surface area contributed by atoms with Gasteiger partial charge in [-0.15, -0.1) is 0 Å². The van der Waals surface area contributed by atoms with Gasteiger partial charge in [0, 0.05) is 17.6 Å². The zero-order valence-corrected chi connectivity index (χ0v) is 16.7. The summed E-state index contributed by atoms with van der Waals surface area (Å²) in [6.07, 6.45) is 4.47. The summed E-state index contributed by atoms with van der Waals surface area (Å²) in [4.78, 5) is 35.2. The summed E-state index contributed by atoms with van der Waals surface area (Å²) in [5.74, 6) is 0.436. The maximum Gasteiger partial charge on any atom is 0.343 e. The predicted octanol–water partition coefficient (Wildman–Crippen LogP) is 4.39. The molecule has 0 atom stereocenters. The first-order chi connectivity index (χ1) is 14.6. The fourth-order valence-corrected chi connectivity index (χ4v) is 2.75. The van der Waals surface area contributed by atoms with Gasteiger partial charge in [0.15, 0.2) is 5.78 Å². The molecule has 0 unspecified atom stereocenters. The lowest BCUT2D eigenvalue weighted by molar-refractivity contribution is -0.137. The molecule has 3 rings (SSSR count).